The quantitative estimate of drug-likeness (QED) is 0.777. The van der Waals surface area contributed by atoms with Crippen LogP contribution in [-0.2, 0) is 15.1 Å². The maximum absolute atomic E-state index is 13.1. The summed E-state index contributed by atoms with van der Waals surface area (Å²) in [6.45, 7) is 1.76. The third-order valence-corrected chi connectivity index (χ3v) is 5.42. The van der Waals surface area contributed by atoms with E-state index in [1.807, 2.05) is 6.92 Å². The van der Waals surface area contributed by atoms with Gasteiger partial charge in [0, 0.05) is 22.7 Å². The van der Waals surface area contributed by atoms with E-state index in [1.54, 1.807) is 42.5 Å². The SMILES string of the molecule is Cc1ccc(NC(=O)CN2C(=O)N[C@]3(CCOc4ccccc43)C2=O)cc1Cl. The van der Waals surface area contributed by atoms with Crippen molar-refractivity contribution in [2.45, 2.75) is 18.9 Å². The van der Waals surface area contributed by atoms with Crippen LogP contribution in [0.15, 0.2) is 42.5 Å². The Morgan fingerprint density at radius 2 is 2.07 bits per heavy atom. The average Bonchev–Trinajstić information content (AvgIpc) is 2.90. The molecule has 0 aromatic heterocycles. The van der Waals surface area contributed by atoms with Crippen molar-refractivity contribution < 1.29 is 19.1 Å². The Balaban J connectivity index is 1.54. The molecule has 0 bridgehead atoms. The van der Waals surface area contributed by atoms with Crippen LogP contribution in [0.2, 0.25) is 5.02 Å². The Hall–Kier alpha value is -3.06. The van der Waals surface area contributed by atoms with Crippen LogP contribution in [0.1, 0.15) is 17.5 Å². The molecule has 2 aromatic rings. The summed E-state index contributed by atoms with van der Waals surface area (Å²) in [6, 6.07) is 11.6. The Labute approximate surface area is 166 Å². The third-order valence-electron chi connectivity index (χ3n) is 5.01. The average molecular weight is 400 g/mol. The summed E-state index contributed by atoms with van der Waals surface area (Å²) in [5, 5.41) is 5.95. The van der Waals surface area contributed by atoms with Gasteiger partial charge in [0.1, 0.15) is 12.3 Å². The first-order valence-corrected chi connectivity index (χ1v) is 9.21. The van der Waals surface area contributed by atoms with E-state index in [0.717, 1.165) is 10.5 Å². The van der Waals surface area contributed by atoms with Gasteiger partial charge >= 0.3 is 6.03 Å². The molecule has 2 aliphatic rings. The van der Waals surface area contributed by atoms with Crippen LogP contribution < -0.4 is 15.4 Å². The highest BCUT2D eigenvalue weighted by atomic mass is 35.5. The molecule has 1 fully saturated rings. The summed E-state index contributed by atoms with van der Waals surface area (Å²) >= 11 is 6.07. The van der Waals surface area contributed by atoms with Crippen LogP contribution in [0.4, 0.5) is 10.5 Å². The molecule has 2 heterocycles. The van der Waals surface area contributed by atoms with Gasteiger partial charge in [-0.3, -0.25) is 14.5 Å². The minimum absolute atomic E-state index is 0.297. The number of benzene rings is 2. The maximum atomic E-state index is 13.1. The summed E-state index contributed by atoms with van der Waals surface area (Å²) in [7, 11) is 0. The van der Waals surface area contributed by atoms with Crippen LogP contribution in [0.5, 0.6) is 5.75 Å². The Kier molecular flexibility index (Phi) is 4.47. The fourth-order valence-corrected chi connectivity index (χ4v) is 3.71. The normalized spacial score (nSPS) is 20.6. The van der Waals surface area contributed by atoms with Gasteiger partial charge in [-0.15, -0.1) is 0 Å². The van der Waals surface area contributed by atoms with E-state index >= 15 is 0 Å². The number of fused-ring (bicyclic) bond motifs is 2. The number of aryl methyl sites for hydroxylation is 1. The molecule has 0 aliphatic carbocycles. The lowest BCUT2D eigenvalue weighted by molar-refractivity contribution is -0.135. The Bertz CT molecular complexity index is 993. The largest absolute Gasteiger partial charge is 0.493 e. The molecule has 1 saturated heterocycles. The van der Waals surface area contributed by atoms with Gasteiger partial charge in [0.2, 0.25) is 5.91 Å². The molecule has 2 N–H and O–H groups in total. The number of hydrogen-bond donors (Lipinski definition) is 2. The van der Waals surface area contributed by atoms with E-state index < -0.39 is 23.4 Å². The van der Waals surface area contributed by atoms with E-state index in [9.17, 15) is 14.4 Å². The zero-order chi connectivity index (χ0) is 19.9. The van der Waals surface area contributed by atoms with Crippen molar-refractivity contribution in [3.63, 3.8) is 0 Å². The van der Waals surface area contributed by atoms with Gasteiger partial charge in [0.15, 0.2) is 5.54 Å². The molecular weight excluding hydrogens is 382 g/mol. The summed E-state index contributed by atoms with van der Waals surface area (Å²) < 4.78 is 5.60. The van der Waals surface area contributed by atoms with E-state index in [1.165, 1.54) is 0 Å². The number of carbonyl (C=O) groups excluding carboxylic acids is 3. The van der Waals surface area contributed by atoms with Gasteiger partial charge in [0.25, 0.3) is 5.91 Å². The summed E-state index contributed by atoms with van der Waals surface area (Å²) in [6.07, 6.45) is 0.306. The van der Waals surface area contributed by atoms with E-state index in [4.69, 9.17) is 16.3 Å². The number of anilines is 1. The van der Waals surface area contributed by atoms with Crippen LogP contribution in [0.3, 0.4) is 0 Å². The first-order chi connectivity index (χ1) is 13.4. The first kappa shape index (κ1) is 18.3. The number of nitrogens with zero attached hydrogens (tertiary/aromatic N) is 1. The molecule has 7 nitrogen and oxygen atoms in total. The molecule has 0 unspecified atom stereocenters. The molecule has 144 valence electrons. The lowest BCUT2D eigenvalue weighted by atomic mass is 9.84. The number of halogens is 1. The monoisotopic (exact) mass is 399 g/mol. The van der Waals surface area contributed by atoms with Gasteiger partial charge in [-0.2, -0.15) is 0 Å². The molecule has 28 heavy (non-hydrogen) atoms. The van der Waals surface area contributed by atoms with Crippen LogP contribution in [-0.4, -0.2) is 35.9 Å². The number of carbonyl (C=O) groups is 3. The number of urea groups is 1. The van der Waals surface area contributed by atoms with Gasteiger partial charge in [-0.25, -0.2) is 4.79 Å². The van der Waals surface area contributed by atoms with Gasteiger partial charge in [-0.05, 0) is 30.7 Å². The van der Waals surface area contributed by atoms with Crippen molar-refractivity contribution in [2.24, 2.45) is 0 Å². The van der Waals surface area contributed by atoms with E-state index in [2.05, 4.69) is 10.6 Å². The summed E-state index contributed by atoms with van der Waals surface area (Å²) in [4.78, 5) is 39.0. The lowest BCUT2D eigenvalue weighted by Gasteiger charge is -2.33. The second-order valence-corrected chi connectivity index (χ2v) is 7.24. The minimum atomic E-state index is -1.20. The van der Waals surface area contributed by atoms with E-state index in [0.29, 0.717) is 35.1 Å². The fourth-order valence-electron chi connectivity index (χ4n) is 3.53. The van der Waals surface area contributed by atoms with Crippen molar-refractivity contribution in [3.8, 4) is 5.75 Å². The van der Waals surface area contributed by atoms with Crippen molar-refractivity contribution in [2.75, 3.05) is 18.5 Å². The molecule has 2 aliphatic heterocycles. The minimum Gasteiger partial charge on any atom is -0.493 e. The zero-order valence-corrected chi connectivity index (χ0v) is 15.9. The second kappa shape index (κ2) is 6.83. The van der Waals surface area contributed by atoms with Crippen LogP contribution in [0.25, 0.3) is 0 Å². The molecule has 4 rings (SSSR count). The van der Waals surface area contributed by atoms with Crippen molar-refractivity contribution >= 4 is 35.1 Å². The molecule has 8 heteroatoms. The molecule has 0 saturated carbocycles. The molecule has 1 spiro atoms. The summed E-state index contributed by atoms with van der Waals surface area (Å²) in [5.41, 5.74) is 0.792. The molecule has 2 aromatic carbocycles. The number of nitrogens with one attached hydrogen (secondary N) is 2. The fraction of sp³-hybridized carbons (Fsp3) is 0.250. The number of rotatable bonds is 3. The summed E-state index contributed by atoms with van der Waals surface area (Å²) in [5.74, 6) is -0.380. The van der Waals surface area contributed by atoms with Crippen molar-refractivity contribution in [1.29, 1.82) is 0 Å². The van der Waals surface area contributed by atoms with Gasteiger partial charge < -0.3 is 15.4 Å². The first-order valence-electron chi connectivity index (χ1n) is 8.83. The Morgan fingerprint density at radius 3 is 2.86 bits per heavy atom. The standard InChI is InChI=1S/C20H18ClN3O4/c1-12-6-7-13(10-15(12)21)22-17(25)11-24-18(26)20(23-19(24)27)8-9-28-16-5-3-2-4-14(16)20/h2-7,10H,8-9,11H2,1H3,(H,22,25)(H,23,27)/t20-/m0/s1. The highest BCUT2D eigenvalue weighted by Gasteiger charge is 2.55. The Morgan fingerprint density at radius 1 is 1.29 bits per heavy atom. The lowest BCUT2D eigenvalue weighted by Crippen LogP contribution is -2.48. The van der Waals surface area contributed by atoms with Crippen LogP contribution >= 0.6 is 11.6 Å². The molecule has 4 amide bonds. The molecule has 1 atom stereocenters. The smallest absolute Gasteiger partial charge is 0.325 e. The number of para-hydroxylation sites is 1. The number of hydrogen-bond acceptors (Lipinski definition) is 4. The van der Waals surface area contributed by atoms with Crippen LogP contribution in [0, 0.1) is 6.92 Å². The molecule has 0 radical (unpaired) electrons. The highest BCUT2D eigenvalue weighted by Crippen LogP contribution is 2.40. The van der Waals surface area contributed by atoms with Crippen molar-refractivity contribution in [3.05, 3.63) is 58.6 Å². The maximum Gasteiger partial charge on any atom is 0.325 e. The van der Waals surface area contributed by atoms with Crippen molar-refractivity contribution in [1.82, 2.24) is 10.2 Å². The number of imide groups is 1. The van der Waals surface area contributed by atoms with E-state index in [-0.39, 0.29) is 6.54 Å². The predicted molar refractivity (Wildman–Crippen MR) is 103 cm³/mol. The predicted octanol–water partition coefficient (Wildman–Crippen LogP) is 2.82. The highest BCUT2D eigenvalue weighted by molar-refractivity contribution is 6.31. The molecular formula is C20H18ClN3O4. The third kappa shape index (κ3) is 2.97. The van der Waals surface area contributed by atoms with Gasteiger partial charge in [0.05, 0.1) is 6.61 Å². The number of amides is 4. The topological polar surface area (TPSA) is 87.7 Å². The second-order valence-electron chi connectivity index (χ2n) is 6.83. The van der Waals surface area contributed by atoms with Gasteiger partial charge in [-0.1, -0.05) is 35.9 Å². The number of ether oxygens (including phenoxy) is 1. The zero-order valence-electron chi connectivity index (χ0n) is 15.1.